The predicted octanol–water partition coefficient (Wildman–Crippen LogP) is 1.99. The minimum absolute atomic E-state index is 0.0194. The van der Waals surface area contributed by atoms with E-state index in [4.69, 9.17) is 4.74 Å². The summed E-state index contributed by atoms with van der Waals surface area (Å²) in [5.41, 5.74) is 0. The van der Waals surface area contributed by atoms with Gasteiger partial charge in [0.05, 0.1) is 12.5 Å². The summed E-state index contributed by atoms with van der Waals surface area (Å²) < 4.78 is 4.90. The Morgan fingerprint density at radius 3 is 2.82 bits per heavy atom. The molecular formula is C9H16O2. The van der Waals surface area contributed by atoms with Gasteiger partial charge in [-0.15, -0.1) is 0 Å². The van der Waals surface area contributed by atoms with Crippen molar-refractivity contribution in [2.75, 3.05) is 6.61 Å². The number of rotatable bonds is 4. The zero-order chi connectivity index (χ0) is 8.27. The third-order valence-corrected chi connectivity index (χ3v) is 2.17. The summed E-state index contributed by atoms with van der Waals surface area (Å²) in [6, 6.07) is 0. The lowest BCUT2D eigenvalue weighted by atomic mass is 10.2. The molecule has 1 fully saturated rings. The van der Waals surface area contributed by atoms with Crippen LogP contribution in [-0.4, -0.2) is 12.6 Å². The van der Waals surface area contributed by atoms with Gasteiger partial charge in [0.15, 0.2) is 0 Å². The summed E-state index contributed by atoms with van der Waals surface area (Å²) in [7, 11) is 0. The molecular weight excluding hydrogens is 140 g/mol. The molecule has 0 spiro atoms. The number of hydrogen-bond acceptors (Lipinski definition) is 2. The van der Waals surface area contributed by atoms with E-state index in [1.165, 1.54) is 12.8 Å². The number of esters is 1. The summed E-state index contributed by atoms with van der Waals surface area (Å²) in [5.74, 6) is 0.903. The smallest absolute Gasteiger partial charge is 0.309 e. The van der Waals surface area contributed by atoms with Gasteiger partial charge >= 0.3 is 5.97 Å². The average molecular weight is 156 g/mol. The highest BCUT2D eigenvalue weighted by atomic mass is 16.5. The fraction of sp³-hybridized carbons (Fsp3) is 0.889. The van der Waals surface area contributed by atoms with Gasteiger partial charge in [-0.25, -0.2) is 0 Å². The maximum Gasteiger partial charge on any atom is 0.309 e. The van der Waals surface area contributed by atoms with Crippen LogP contribution in [0.15, 0.2) is 0 Å². The zero-order valence-corrected chi connectivity index (χ0v) is 7.30. The topological polar surface area (TPSA) is 26.3 Å². The molecule has 64 valence electrons. The highest BCUT2D eigenvalue weighted by molar-refractivity contribution is 5.75. The van der Waals surface area contributed by atoms with Crippen LogP contribution in [0, 0.1) is 11.8 Å². The number of ether oxygens (including phenoxy) is 1. The molecule has 0 aromatic heterocycles. The van der Waals surface area contributed by atoms with E-state index in [9.17, 15) is 4.79 Å². The molecule has 0 N–H and O–H groups in total. The molecule has 0 radical (unpaired) electrons. The molecule has 1 rings (SSSR count). The molecule has 2 heteroatoms. The van der Waals surface area contributed by atoms with E-state index in [2.05, 4.69) is 6.92 Å². The average Bonchev–Trinajstić information content (AvgIpc) is 2.69. The molecule has 0 aliphatic heterocycles. The first-order valence-corrected chi connectivity index (χ1v) is 4.46. The summed E-state index contributed by atoms with van der Waals surface area (Å²) in [4.78, 5) is 11.1. The largest absolute Gasteiger partial charge is 0.466 e. The minimum atomic E-state index is 0.0194. The Morgan fingerprint density at radius 2 is 2.27 bits per heavy atom. The van der Waals surface area contributed by atoms with Crippen LogP contribution in [0.25, 0.3) is 0 Å². The Balaban J connectivity index is 2.15. The lowest BCUT2D eigenvalue weighted by Gasteiger charge is -1.98. The fourth-order valence-electron chi connectivity index (χ4n) is 1.48. The van der Waals surface area contributed by atoms with Crippen molar-refractivity contribution in [1.82, 2.24) is 0 Å². The van der Waals surface area contributed by atoms with Crippen molar-refractivity contribution in [3.8, 4) is 0 Å². The summed E-state index contributed by atoms with van der Waals surface area (Å²) >= 11 is 0. The molecule has 1 aliphatic carbocycles. The van der Waals surface area contributed by atoms with E-state index in [0.29, 0.717) is 12.5 Å². The summed E-state index contributed by atoms with van der Waals surface area (Å²) in [5, 5.41) is 0. The van der Waals surface area contributed by atoms with Crippen molar-refractivity contribution in [2.24, 2.45) is 11.8 Å². The number of carbonyl (C=O) groups is 1. The number of carbonyl (C=O) groups excluding carboxylic acids is 1. The zero-order valence-electron chi connectivity index (χ0n) is 7.30. The first kappa shape index (κ1) is 8.57. The van der Waals surface area contributed by atoms with Crippen LogP contribution in [-0.2, 0) is 9.53 Å². The predicted molar refractivity (Wildman–Crippen MR) is 43.1 cm³/mol. The normalized spacial score (nSPS) is 28.2. The van der Waals surface area contributed by atoms with Gasteiger partial charge in [-0.2, -0.15) is 0 Å². The molecule has 0 heterocycles. The Labute approximate surface area is 67.9 Å². The van der Waals surface area contributed by atoms with E-state index < -0.39 is 0 Å². The van der Waals surface area contributed by atoms with E-state index in [1.807, 2.05) is 6.92 Å². The monoisotopic (exact) mass is 156 g/mol. The second-order valence-corrected chi connectivity index (χ2v) is 3.14. The van der Waals surface area contributed by atoms with Gasteiger partial charge in [0.2, 0.25) is 0 Å². The van der Waals surface area contributed by atoms with Crippen LogP contribution in [0.4, 0.5) is 0 Å². The Morgan fingerprint density at radius 1 is 1.55 bits per heavy atom. The van der Waals surface area contributed by atoms with Gasteiger partial charge < -0.3 is 4.74 Å². The molecule has 2 nitrogen and oxygen atoms in total. The molecule has 2 atom stereocenters. The Bertz CT molecular complexity index is 142. The van der Waals surface area contributed by atoms with Crippen LogP contribution < -0.4 is 0 Å². The standard InChI is InChI=1S/C9H16O2/c1-3-5-7-6-8(7)9(10)11-4-2/h7-8H,3-6H2,1-2H3. The lowest BCUT2D eigenvalue weighted by Crippen LogP contribution is -2.07. The highest BCUT2D eigenvalue weighted by Crippen LogP contribution is 2.42. The van der Waals surface area contributed by atoms with Gasteiger partial charge in [0.1, 0.15) is 0 Å². The third-order valence-electron chi connectivity index (χ3n) is 2.17. The van der Waals surface area contributed by atoms with E-state index in [1.54, 1.807) is 0 Å². The van der Waals surface area contributed by atoms with Crippen molar-refractivity contribution >= 4 is 5.97 Å². The van der Waals surface area contributed by atoms with Crippen molar-refractivity contribution < 1.29 is 9.53 Å². The van der Waals surface area contributed by atoms with Gasteiger partial charge in [-0.05, 0) is 25.7 Å². The maximum absolute atomic E-state index is 11.1. The van der Waals surface area contributed by atoms with Gasteiger partial charge in [-0.1, -0.05) is 13.3 Å². The molecule has 0 aromatic rings. The second kappa shape index (κ2) is 3.74. The van der Waals surface area contributed by atoms with Crippen molar-refractivity contribution in [3.63, 3.8) is 0 Å². The van der Waals surface area contributed by atoms with Gasteiger partial charge in [0, 0.05) is 0 Å². The quantitative estimate of drug-likeness (QED) is 0.582. The van der Waals surface area contributed by atoms with Crippen molar-refractivity contribution in [3.05, 3.63) is 0 Å². The fourth-order valence-corrected chi connectivity index (χ4v) is 1.48. The minimum Gasteiger partial charge on any atom is -0.466 e. The Kier molecular flexibility index (Phi) is 2.92. The van der Waals surface area contributed by atoms with Crippen LogP contribution >= 0.6 is 0 Å². The van der Waals surface area contributed by atoms with Gasteiger partial charge in [0.25, 0.3) is 0 Å². The van der Waals surface area contributed by atoms with Crippen molar-refractivity contribution in [1.29, 1.82) is 0 Å². The molecule has 0 bridgehead atoms. The number of hydrogen-bond donors (Lipinski definition) is 0. The molecule has 2 unspecified atom stereocenters. The summed E-state index contributed by atoms with van der Waals surface area (Å²) in [6.45, 7) is 4.53. The third kappa shape index (κ3) is 2.21. The SMILES string of the molecule is CCCC1CC1C(=O)OCC. The molecule has 0 aromatic carbocycles. The molecule has 0 saturated heterocycles. The van der Waals surface area contributed by atoms with Crippen LogP contribution in [0.3, 0.4) is 0 Å². The molecule has 11 heavy (non-hydrogen) atoms. The molecule has 0 amide bonds. The van der Waals surface area contributed by atoms with Crippen LogP contribution in [0.5, 0.6) is 0 Å². The van der Waals surface area contributed by atoms with E-state index in [-0.39, 0.29) is 11.9 Å². The molecule has 1 saturated carbocycles. The second-order valence-electron chi connectivity index (χ2n) is 3.14. The van der Waals surface area contributed by atoms with Crippen molar-refractivity contribution in [2.45, 2.75) is 33.1 Å². The van der Waals surface area contributed by atoms with Crippen LogP contribution in [0.2, 0.25) is 0 Å². The highest BCUT2D eigenvalue weighted by Gasteiger charge is 2.42. The van der Waals surface area contributed by atoms with E-state index in [0.717, 1.165) is 6.42 Å². The lowest BCUT2D eigenvalue weighted by molar-refractivity contribution is -0.145. The molecule has 1 aliphatic rings. The maximum atomic E-state index is 11.1. The van der Waals surface area contributed by atoms with Crippen LogP contribution in [0.1, 0.15) is 33.1 Å². The summed E-state index contributed by atoms with van der Waals surface area (Å²) in [6.07, 6.45) is 3.43. The first-order valence-electron chi connectivity index (χ1n) is 4.46. The Hall–Kier alpha value is -0.530. The van der Waals surface area contributed by atoms with Gasteiger partial charge in [-0.3, -0.25) is 4.79 Å². The van der Waals surface area contributed by atoms with E-state index >= 15 is 0 Å². The first-order chi connectivity index (χ1) is 5.29.